The lowest BCUT2D eigenvalue weighted by Crippen LogP contribution is -2.57. The molecule has 2 N–H and O–H groups in total. The van der Waals surface area contributed by atoms with Crippen LogP contribution in [0.25, 0.3) is 0 Å². The zero-order chi connectivity index (χ0) is 14.6. The molecule has 0 aromatic carbocycles. The van der Waals surface area contributed by atoms with E-state index in [4.69, 9.17) is 5.73 Å². The number of hydrogen-bond acceptors (Lipinski definition) is 2. The highest BCUT2D eigenvalue weighted by Crippen LogP contribution is 2.40. The lowest BCUT2D eigenvalue weighted by atomic mass is 9.71. The molecular weight excluding hydrogens is 244 g/mol. The molecule has 2 rings (SSSR count). The summed E-state index contributed by atoms with van der Waals surface area (Å²) in [4.78, 5) is 2.77. The third kappa shape index (κ3) is 3.76. The van der Waals surface area contributed by atoms with Gasteiger partial charge in [0.05, 0.1) is 0 Å². The molecule has 2 atom stereocenters. The van der Waals surface area contributed by atoms with E-state index in [0.717, 1.165) is 24.3 Å². The average molecular weight is 280 g/mol. The molecule has 0 radical (unpaired) electrons. The molecule has 2 nitrogen and oxygen atoms in total. The minimum absolute atomic E-state index is 0.322. The van der Waals surface area contributed by atoms with Crippen LogP contribution in [0.1, 0.15) is 72.1 Å². The topological polar surface area (TPSA) is 29.3 Å². The quantitative estimate of drug-likeness (QED) is 0.762. The van der Waals surface area contributed by atoms with E-state index in [-0.39, 0.29) is 0 Å². The standard InChI is InChI=1S/C18H36N2/c1-4-20(13-16-7-5-8-16)18(14-19)10-6-9-17(12-18)11-15(2)3/h15-17H,4-14,19H2,1-3H3. The van der Waals surface area contributed by atoms with Gasteiger partial charge in [-0.3, -0.25) is 4.90 Å². The predicted molar refractivity (Wildman–Crippen MR) is 87.8 cm³/mol. The van der Waals surface area contributed by atoms with E-state index in [9.17, 15) is 0 Å². The van der Waals surface area contributed by atoms with Gasteiger partial charge in [0, 0.05) is 18.6 Å². The Bertz CT molecular complexity index is 285. The minimum Gasteiger partial charge on any atom is -0.329 e. The first-order chi connectivity index (χ1) is 9.59. The van der Waals surface area contributed by atoms with Crippen molar-refractivity contribution in [3.05, 3.63) is 0 Å². The van der Waals surface area contributed by atoms with Crippen LogP contribution < -0.4 is 5.73 Å². The van der Waals surface area contributed by atoms with Gasteiger partial charge in [0.15, 0.2) is 0 Å². The molecule has 0 heterocycles. The highest BCUT2D eigenvalue weighted by molar-refractivity contribution is 4.97. The second-order valence-electron chi connectivity index (χ2n) is 7.86. The molecule has 118 valence electrons. The fourth-order valence-electron chi connectivity index (χ4n) is 4.58. The van der Waals surface area contributed by atoms with Crippen molar-refractivity contribution >= 4 is 0 Å². The summed E-state index contributed by atoms with van der Waals surface area (Å²) in [5.41, 5.74) is 6.62. The van der Waals surface area contributed by atoms with Gasteiger partial charge >= 0.3 is 0 Å². The van der Waals surface area contributed by atoms with Crippen LogP contribution in [0, 0.1) is 17.8 Å². The minimum atomic E-state index is 0.322. The van der Waals surface area contributed by atoms with Crippen LogP contribution >= 0.6 is 0 Å². The number of rotatable bonds is 7. The van der Waals surface area contributed by atoms with Crippen LogP contribution in [-0.4, -0.2) is 30.1 Å². The molecule has 2 aliphatic carbocycles. The van der Waals surface area contributed by atoms with E-state index in [1.165, 1.54) is 64.5 Å². The Labute approximate surface area is 126 Å². The van der Waals surface area contributed by atoms with Crippen LogP contribution in [0.2, 0.25) is 0 Å². The first-order valence-electron chi connectivity index (χ1n) is 9.04. The van der Waals surface area contributed by atoms with Gasteiger partial charge in [-0.05, 0) is 56.4 Å². The fourth-order valence-corrected chi connectivity index (χ4v) is 4.58. The van der Waals surface area contributed by atoms with Gasteiger partial charge in [0.2, 0.25) is 0 Å². The molecule has 2 fully saturated rings. The molecule has 2 heteroatoms. The number of nitrogens with two attached hydrogens (primary N) is 1. The molecule has 0 amide bonds. The number of hydrogen-bond donors (Lipinski definition) is 1. The predicted octanol–water partition coefficient (Wildman–Crippen LogP) is 4.04. The molecule has 0 bridgehead atoms. The van der Waals surface area contributed by atoms with Crippen molar-refractivity contribution < 1.29 is 0 Å². The Morgan fingerprint density at radius 1 is 1.15 bits per heavy atom. The van der Waals surface area contributed by atoms with Gasteiger partial charge in [-0.15, -0.1) is 0 Å². The third-order valence-electron chi connectivity index (χ3n) is 5.86. The lowest BCUT2D eigenvalue weighted by molar-refractivity contribution is 0.0138. The highest BCUT2D eigenvalue weighted by atomic mass is 15.2. The second kappa shape index (κ2) is 7.26. The first-order valence-corrected chi connectivity index (χ1v) is 9.04. The summed E-state index contributed by atoms with van der Waals surface area (Å²) >= 11 is 0. The van der Waals surface area contributed by atoms with Gasteiger partial charge in [-0.25, -0.2) is 0 Å². The molecule has 0 aromatic heterocycles. The van der Waals surface area contributed by atoms with Crippen molar-refractivity contribution in [2.24, 2.45) is 23.5 Å². The summed E-state index contributed by atoms with van der Waals surface area (Å²) in [6, 6.07) is 0. The summed E-state index contributed by atoms with van der Waals surface area (Å²) in [5, 5.41) is 0. The van der Waals surface area contributed by atoms with Crippen molar-refractivity contribution in [3.8, 4) is 0 Å². The summed E-state index contributed by atoms with van der Waals surface area (Å²) in [7, 11) is 0. The molecule has 2 saturated carbocycles. The zero-order valence-electron chi connectivity index (χ0n) is 14.0. The van der Waals surface area contributed by atoms with Crippen molar-refractivity contribution in [3.63, 3.8) is 0 Å². The summed E-state index contributed by atoms with van der Waals surface area (Å²) in [6.45, 7) is 10.4. The van der Waals surface area contributed by atoms with E-state index in [2.05, 4.69) is 25.7 Å². The summed E-state index contributed by atoms with van der Waals surface area (Å²) in [5.74, 6) is 2.70. The van der Waals surface area contributed by atoms with Crippen LogP contribution in [0.5, 0.6) is 0 Å². The average Bonchev–Trinajstić information content (AvgIpc) is 2.37. The van der Waals surface area contributed by atoms with Crippen molar-refractivity contribution in [2.75, 3.05) is 19.6 Å². The zero-order valence-corrected chi connectivity index (χ0v) is 14.0. The van der Waals surface area contributed by atoms with Crippen molar-refractivity contribution in [1.29, 1.82) is 0 Å². The second-order valence-corrected chi connectivity index (χ2v) is 7.86. The van der Waals surface area contributed by atoms with Gasteiger partial charge in [0.25, 0.3) is 0 Å². The number of nitrogens with zero attached hydrogens (tertiary/aromatic N) is 1. The van der Waals surface area contributed by atoms with Crippen molar-refractivity contribution in [2.45, 2.75) is 77.7 Å². The molecule has 0 aliphatic heterocycles. The summed E-state index contributed by atoms with van der Waals surface area (Å²) in [6.07, 6.45) is 11.2. The third-order valence-corrected chi connectivity index (χ3v) is 5.86. The summed E-state index contributed by atoms with van der Waals surface area (Å²) < 4.78 is 0. The molecule has 2 unspecified atom stereocenters. The molecule has 0 aromatic rings. The van der Waals surface area contributed by atoms with E-state index in [0.29, 0.717) is 5.54 Å². The van der Waals surface area contributed by atoms with Gasteiger partial charge < -0.3 is 5.73 Å². The molecule has 2 aliphatic rings. The Morgan fingerprint density at radius 3 is 2.35 bits per heavy atom. The van der Waals surface area contributed by atoms with E-state index in [1.807, 2.05) is 0 Å². The molecular formula is C18H36N2. The number of likely N-dealkylation sites (N-methyl/N-ethyl adjacent to an activating group) is 1. The maximum absolute atomic E-state index is 6.30. The molecule has 0 spiro atoms. The highest BCUT2D eigenvalue weighted by Gasteiger charge is 2.40. The van der Waals surface area contributed by atoms with Crippen LogP contribution in [0.15, 0.2) is 0 Å². The molecule has 0 saturated heterocycles. The largest absolute Gasteiger partial charge is 0.329 e. The van der Waals surface area contributed by atoms with Crippen LogP contribution in [0.3, 0.4) is 0 Å². The SMILES string of the molecule is CCN(CC1CCC1)C1(CN)CCCC(CC(C)C)C1. The Kier molecular flexibility index (Phi) is 5.92. The Morgan fingerprint density at radius 2 is 1.85 bits per heavy atom. The van der Waals surface area contributed by atoms with Crippen LogP contribution in [0.4, 0.5) is 0 Å². The Hall–Kier alpha value is -0.0800. The monoisotopic (exact) mass is 280 g/mol. The van der Waals surface area contributed by atoms with Crippen molar-refractivity contribution in [1.82, 2.24) is 4.90 Å². The first kappa shape index (κ1) is 16.3. The maximum atomic E-state index is 6.30. The van der Waals surface area contributed by atoms with E-state index >= 15 is 0 Å². The molecule has 20 heavy (non-hydrogen) atoms. The Balaban J connectivity index is 2.00. The van der Waals surface area contributed by atoms with Gasteiger partial charge in [0.1, 0.15) is 0 Å². The van der Waals surface area contributed by atoms with Gasteiger partial charge in [-0.2, -0.15) is 0 Å². The van der Waals surface area contributed by atoms with E-state index < -0.39 is 0 Å². The van der Waals surface area contributed by atoms with Gasteiger partial charge in [-0.1, -0.05) is 40.0 Å². The van der Waals surface area contributed by atoms with E-state index in [1.54, 1.807) is 0 Å². The fraction of sp³-hybridized carbons (Fsp3) is 1.00. The smallest absolute Gasteiger partial charge is 0.0334 e. The lowest BCUT2D eigenvalue weighted by Gasteiger charge is -2.50. The normalized spacial score (nSPS) is 31.8. The van der Waals surface area contributed by atoms with Crippen LogP contribution in [-0.2, 0) is 0 Å². The maximum Gasteiger partial charge on any atom is 0.0334 e.